The van der Waals surface area contributed by atoms with Crippen molar-refractivity contribution in [3.63, 3.8) is 0 Å². The van der Waals surface area contributed by atoms with Gasteiger partial charge in [-0.2, -0.15) is 5.26 Å². The molecule has 1 aliphatic carbocycles. The molecule has 0 bridgehead atoms. The summed E-state index contributed by atoms with van der Waals surface area (Å²) < 4.78 is 0. The Bertz CT molecular complexity index is 777. The van der Waals surface area contributed by atoms with Gasteiger partial charge in [-0.25, -0.2) is 0 Å². The van der Waals surface area contributed by atoms with Crippen molar-refractivity contribution in [2.24, 2.45) is 17.8 Å². The second-order valence-corrected chi connectivity index (χ2v) is 8.26. The SMILES string of the molecule is CC(C)[C@]1(C#N)[C@H]2CCC[C@H]2[C@H](c2ccccc2)N1Cc1ccccc1. The lowest BCUT2D eigenvalue weighted by Gasteiger charge is -2.42. The van der Waals surface area contributed by atoms with E-state index in [0.29, 0.717) is 23.8 Å². The van der Waals surface area contributed by atoms with Crippen LogP contribution in [0.1, 0.15) is 50.3 Å². The van der Waals surface area contributed by atoms with Crippen molar-refractivity contribution in [3.05, 3.63) is 71.8 Å². The van der Waals surface area contributed by atoms with Gasteiger partial charge < -0.3 is 0 Å². The average Bonchev–Trinajstić information content (AvgIpc) is 3.23. The van der Waals surface area contributed by atoms with E-state index in [1.165, 1.54) is 30.4 Å². The van der Waals surface area contributed by atoms with Crippen LogP contribution < -0.4 is 0 Å². The molecular weight excluding hydrogens is 316 g/mol. The predicted octanol–water partition coefficient (Wildman–Crippen LogP) is 5.58. The maximum atomic E-state index is 10.5. The van der Waals surface area contributed by atoms with Gasteiger partial charge in [-0.15, -0.1) is 0 Å². The molecule has 2 aromatic carbocycles. The van der Waals surface area contributed by atoms with Gasteiger partial charge >= 0.3 is 0 Å². The van der Waals surface area contributed by atoms with Crippen LogP contribution in [-0.4, -0.2) is 10.4 Å². The fourth-order valence-corrected chi connectivity index (χ4v) is 5.71. The molecule has 1 aliphatic heterocycles. The van der Waals surface area contributed by atoms with Crippen LogP contribution in [0.2, 0.25) is 0 Å². The smallest absolute Gasteiger partial charge is 0.115 e. The molecule has 1 saturated heterocycles. The Morgan fingerprint density at radius 3 is 2.31 bits per heavy atom. The molecule has 0 radical (unpaired) electrons. The highest BCUT2D eigenvalue weighted by molar-refractivity contribution is 5.31. The van der Waals surface area contributed by atoms with E-state index in [-0.39, 0.29) is 5.54 Å². The van der Waals surface area contributed by atoms with E-state index in [1.54, 1.807) is 0 Å². The summed E-state index contributed by atoms with van der Waals surface area (Å²) in [6, 6.07) is 24.7. The molecule has 2 aliphatic rings. The van der Waals surface area contributed by atoms with Crippen molar-refractivity contribution in [2.75, 3.05) is 0 Å². The highest BCUT2D eigenvalue weighted by Crippen LogP contribution is 2.60. The largest absolute Gasteiger partial charge is 0.273 e. The number of benzene rings is 2. The summed E-state index contributed by atoms with van der Waals surface area (Å²) in [6.07, 6.45) is 3.69. The first-order chi connectivity index (χ1) is 12.7. The Morgan fingerprint density at radius 2 is 1.69 bits per heavy atom. The predicted molar refractivity (Wildman–Crippen MR) is 105 cm³/mol. The molecule has 0 amide bonds. The van der Waals surface area contributed by atoms with Gasteiger partial charge in [0.25, 0.3) is 0 Å². The summed E-state index contributed by atoms with van der Waals surface area (Å²) in [4.78, 5) is 2.55. The van der Waals surface area contributed by atoms with Crippen molar-refractivity contribution in [3.8, 4) is 6.07 Å². The second kappa shape index (κ2) is 6.89. The summed E-state index contributed by atoms with van der Waals surface area (Å²) in [5.41, 5.74) is 2.30. The van der Waals surface area contributed by atoms with Gasteiger partial charge in [0.1, 0.15) is 5.54 Å². The Hall–Kier alpha value is -2.11. The summed E-state index contributed by atoms with van der Waals surface area (Å²) in [5, 5.41) is 10.5. The number of hydrogen-bond acceptors (Lipinski definition) is 2. The van der Waals surface area contributed by atoms with Gasteiger partial charge in [0, 0.05) is 12.6 Å². The third kappa shape index (κ3) is 2.58. The molecule has 134 valence electrons. The van der Waals surface area contributed by atoms with E-state index in [9.17, 15) is 5.26 Å². The number of hydrogen-bond donors (Lipinski definition) is 0. The van der Waals surface area contributed by atoms with Crippen molar-refractivity contribution in [2.45, 2.75) is 51.2 Å². The summed E-state index contributed by atoms with van der Waals surface area (Å²) in [7, 11) is 0. The van der Waals surface area contributed by atoms with Gasteiger partial charge in [0.15, 0.2) is 0 Å². The van der Waals surface area contributed by atoms with Crippen LogP contribution in [0.15, 0.2) is 60.7 Å². The van der Waals surface area contributed by atoms with Crippen molar-refractivity contribution in [1.29, 1.82) is 5.26 Å². The molecule has 4 rings (SSSR count). The monoisotopic (exact) mass is 344 g/mol. The number of likely N-dealkylation sites (tertiary alicyclic amines) is 1. The van der Waals surface area contributed by atoms with Crippen molar-refractivity contribution >= 4 is 0 Å². The molecule has 0 unspecified atom stereocenters. The van der Waals surface area contributed by atoms with Crippen LogP contribution >= 0.6 is 0 Å². The standard InChI is InChI=1S/C24H28N2/c1-18(2)24(17-25)22-15-9-14-21(22)23(20-12-7-4-8-13-20)26(24)16-19-10-5-3-6-11-19/h3-8,10-13,18,21-23H,9,14-16H2,1-2H3/t21-,22+,23+,24-/m1/s1. The van der Waals surface area contributed by atoms with E-state index in [1.807, 2.05) is 0 Å². The molecule has 4 atom stereocenters. The lowest BCUT2D eigenvalue weighted by molar-refractivity contribution is 0.0675. The Kier molecular flexibility index (Phi) is 4.59. The van der Waals surface area contributed by atoms with E-state index in [2.05, 4.69) is 85.5 Å². The third-order valence-electron chi connectivity index (χ3n) is 6.75. The molecule has 0 spiro atoms. The first kappa shape index (κ1) is 17.3. The molecule has 2 nitrogen and oxygen atoms in total. The molecule has 0 aromatic heterocycles. The molecule has 26 heavy (non-hydrogen) atoms. The van der Waals surface area contributed by atoms with Gasteiger partial charge in [0.05, 0.1) is 6.07 Å². The van der Waals surface area contributed by atoms with Gasteiger partial charge in [-0.3, -0.25) is 4.90 Å². The molecule has 1 heterocycles. The zero-order valence-electron chi connectivity index (χ0n) is 15.8. The third-order valence-corrected chi connectivity index (χ3v) is 6.75. The zero-order valence-corrected chi connectivity index (χ0v) is 15.8. The summed E-state index contributed by atoms with van der Waals surface area (Å²) >= 11 is 0. The maximum Gasteiger partial charge on any atom is 0.115 e. The lowest BCUT2D eigenvalue weighted by Crippen LogP contribution is -2.51. The van der Waals surface area contributed by atoms with Crippen LogP contribution in [0.3, 0.4) is 0 Å². The minimum absolute atomic E-state index is 0.315. The minimum Gasteiger partial charge on any atom is -0.273 e. The number of nitrogens with zero attached hydrogens (tertiary/aromatic N) is 2. The van der Waals surface area contributed by atoms with Crippen LogP contribution in [0.5, 0.6) is 0 Å². The average molecular weight is 345 g/mol. The number of rotatable bonds is 4. The molecule has 2 fully saturated rings. The Balaban J connectivity index is 1.84. The summed E-state index contributed by atoms with van der Waals surface area (Å²) in [5.74, 6) is 1.38. The minimum atomic E-state index is -0.377. The Labute approximate surface area is 157 Å². The lowest BCUT2D eigenvalue weighted by atomic mass is 9.74. The molecular formula is C24H28N2. The second-order valence-electron chi connectivity index (χ2n) is 8.26. The Morgan fingerprint density at radius 1 is 1.04 bits per heavy atom. The normalized spacial score (nSPS) is 31.1. The number of nitriles is 1. The van der Waals surface area contributed by atoms with E-state index in [4.69, 9.17) is 0 Å². The molecule has 1 saturated carbocycles. The van der Waals surface area contributed by atoms with Crippen molar-refractivity contribution in [1.82, 2.24) is 4.90 Å². The van der Waals surface area contributed by atoms with E-state index < -0.39 is 0 Å². The molecule has 0 N–H and O–H groups in total. The van der Waals surface area contributed by atoms with Crippen LogP contribution in [0.4, 0.5) is 0 Å². The first-order valence-electron chi connectivity index (χ1n) is 9.95. The highest BCUT2D eigenvalue weighted by atomic mass is 15.3. The number of fused-ring (bicyclic) bond motifs is 1. The maximum absolute atomic E-state index is 10.5. The van der Waals surface area contributed by atoms with Crippen LogP contribution in [0.25, 0.3) is 0 Å². The molecule has 2 heteroatoms. The highest BCUT2D eigenvalue weighted by Gasteiger charge is 2.61. The molecule has 2 aromatic rings. The van der Waals surface area contributed by atoms with Gasteiger partial charge in [-0.05, 0) is 41.7 Å². The topological polar surface area (TPSA) is 27.0 Å². The van der Waals surface area contributed by atoms with Crippen molar-refractivity contribution < 1.29 is 0 Å². The van der Waals surface area contributed by atoms with Gasteiger partial charge in [-0.1, -0.05) is 80.9 Å². The van der Waals surface area contributed by atoms with E-state index >= 15 is 0 Å². The van der Waals surface area contributed by atoms with Crippen LogP contribution in [-0.2, 0) is 6.54 Å². The first-order valence-corrected chi connectivity index (χ1v) is 9.95. The quantitative estimate of drug-likeness (QED) is 0.724. The van der Waals surface area contributed by atoms with Gasteiger partial charge in [0.2, 0.25) is 0 Å². The summed E-state index contributed by atoms with van der Waals surface area (Å²) in [6.45, 7) is 5.33. The fourth-order valence-electron chi connectivity index (χ4n) is 5.71. The fraction of sp³-hybridized carbons (Fsp3) is 0.458. The van der Waals surface area contributed by atoms with Crippen LogP contribution in [0, 0.1) is 29.1 Å². The zero-order chi connectivity index (χ0) is 18.1. The van der Waals surface area contributed by atoms with E-state index in [0.717, 1.165) is 6.54 Å².